The topological polar surface area (TPSA) is 49.4 Å². The molecule has 1 aromatic rings. The third-order valence-corrected chi connectivity index (χ3v) is 5.02. The van der Waals surface area contributed by atoms with Crippen LogP contribution in [-0.4, -0.2) is 34.6 Å². The molecule has 0 saturated carbocycles. The van der Waals surface area contributed by atoms with Gasteiger partial charge in [-0.05, 0) is 57.4 Å². The molecule has 0 spiro atoms. The van der Waals surface area contributed by atoms with Gasteiger partial charge < -0.3 is 10.2 Å². The molecule has 1 aliphatic rings. The van der Waals surface area contributed by atoms with Crippen LogP contribution in [0.3, 0.4) is 0 Å². The number of hydrogen-bond acceptors (Lipinski definition) is 3. The highest BCUT2D eigenvalue weighted by Crippen LogP contribution is 2.26. The Morgan fingerprint density at radius 1 is 1.18 bits per heavy atom. The highest BCUT2D eigenvalue weighted by atomic mass is 32.2. The lowest BCUT2D eigenvalue weighted by molar-refractivity contribution is -0.134. The van der Waals surface area contributed by atoms with Gasteiger partial charge in [0.25, 0.3) is 0 Å². The van der Waals surface area contributed by atoms with Crippen LogP contribution in [0.2, 0.25) is 0 Å². The number of rotatable bonds is 4. The van der Waals surface area contributed by atoms with Crippen LogP contribution >= 0.6 is 11.8 Å². The zero-order valence-corrected chi connectivity index (χ0v) is 14.3. The minimum Gasteiger partial charge on any atom is -0.337 e. The molecule has 1 saturated heterocycles. The second-order valence-electron chi connectivity index (χ2n) is 5.92. The summed E-state index contributed by atoms with van der Waals surface area (Å²) in [5.41, 5.74) is 0.779. The molecule has 1 aliphatic heterocycles. The van der Waals surface area contributed by atoms with E-state index in [0.29, 0.717) is 17.8 Å². The zero-order valence-electron chi connectivity index (χ0n) is 13.5. The van der Waals surface area contributed by atoms with E-state index in [9.17, 15) is 9.59 Å². The SMILES string of the molecule is CC(=O)Nc1ccc(SCC(=O)N2C(C)CCCC2C)cc1. The molecule has 120 valence electrons. The van der Waals surface area contributed by atoms with Gasteiger partial charge in [-0.3, -0.25) is 9.59 Å². The van der Waals surface area contributed by atoms with E-state index < -0.39 is 0 Å². The third kappa shape index (κ3) is 4.50. The fourth-order valence-corrected chi connectivity index (χ4v) is 3.74. The van der Waals surface area contributed by atoms with Gasteiger partial charge >= 0.3 is 0 Å². The van der Waals surface area contributed by atoms with Crippen LogP contribution in [0.15, 0.2) is 29.2 Å². The highest BCUT2D eigenvalue weighted by molar-refractivity contribution is 8.00. The number of nitrogens with zero attached hydrogens (tertiary/aromatic N) is 1. The molecule has 2 unspecified atom stereocenters. The Morgan fingerprint density at radius 3 is 2.32 bits per heavy atom. The van der Waals surface area contributed by atoms with Crippen LogP contribution in [0.1, 0.15) is 40.0 Å². The molecule has 0 aliphatic carbocycles. The molecule has 0 bridgehead atoms. The van der Waals surface area contributed by atoms with Crippen LogP contribution in [-0.2, 0) is 9.59 Å². The monoisotopic (exact) mass is 320 g/mol. The number of carbonyl (C=O) groups is 2. The molecule has 4 nitrogen and oxygen atoms in total. The van der Waals surface area contributed by atoms with Gasteiger partial charge in [-0.2, -0.15) is 0 Å². The molecule has 22 heavy (non-hydrogen) atoms. The molecule has 0 radical (unpaired) electrons. The van der Waals surface area contributed by atoms with E-state index in [1.165, 1.54) is 13.3 Å². The average Bonchev–Trinajstić information content (AvgIpc) is 2.46. The molecule has 1 N–H and O–H groups in total. The Balaban J connectivity index is 1.89. The third-order valence-electron chi connectivity index (χ3n) is 4.02. The fraction of sp³-hybridized carbons (Fsp3) is 0.529. The molecule has 2 atom stereocenters. The van der Waals surface area contributed by atoms with E-state index in [0.717, 1.165) is 23.4 Å². The lowest BCUT2D eigenvalue weighted by atomic mass is 9.98. The van der Waals surface area contributed by atoms with E-state index in [-0.39, 0.29) is 11.8 Å². The lowest BCUT2D eigenvalue weighted by Crippen LogP contribution is -2.48. The van der Waals surface area contributed by atoms with Gasteiger partial charge in [0, 0.05) is 29.6 Å². The molecule has 2 rings (SSSR count). The van der Waals surface area contributed by atoms with Crippen LogP contribution in [0.5, 0.6) is 0 Å². The minimum atomic E-state index is -0.0799. The average molecular weight is 320 g/mol. The molecular weight excluding hydrogens is 296 g/mol. The zero-order chi connectivity index (χ0) is 16.1. The Bertz CT molecular complexity index is 520. The number of amides is 2. The summed E-state index contributed by atoms with van der Waals surface area (Å²) in [7, 11) is 0. The first-order valence-corrected chi connectivity index (χ1v) is 8.77. The van der Waals surface area contributed by atoms with Gasteiger partial charge in [-0.25, -0.2) is 0 Å². The summed E-state index contributed by atoms with van der Waals surface area (Å²) in [4.78, 5) is 26.5. The quantitative estimate of drug-likeness (QED) is 0.864. The van der Waals surface area contributed by atoms with Crippen molar-refractivity contribution in [2.24, 2.45) is 0 Å². The maximum atomic E-state index is 12.5. The summed E-state index contributed by atoms with van der Waals surface area (Å²) in [6.45, 7) is 5.77. The summed E-state index contributed by atoms with van der Waals surface area (Å²) >= 11 is 1.55. The summed E-state index contributed by atoms with van der Waals surface area (Å²) < 4.78 is 0. The van der Waals surface area contributed by atoms with Crippen LogP contribution < -0.4 is 5.32 Å². The van der Waals surface area contributed by atoms with Crippen molar-refractivity contribution in [3.63, 3.8) is 0 Å². The molecule has 0 aromatic heterocycles. The number of anilines is 1. The predicted octanol–water partition coefficient (Wildman–Crippen LogP) is 3.53. The standard InChI is InChI=1S/C17H24N2O2S/c1-12-5-4-6-13(2)19(12)17(21)11-22-16-9-7-15(8-10-16)18-14(3)20/h7-10,12-13H,4-6,11H2,1-3H3,(H,18,20). The molecule has 1 heterocycles. The summed E-state index contributed by atoms with van der Waals surface area (Å²) in [5.74, 6) is 0.605. The highest BCUT2D eigenvalue weighted by Gasteiger charge is 2.28. The Kier molecular flexibility index (Phi) is 5.89. The van der Waals surface area contributed by atoms with E-state index in [1.54, 1.807) is 11.8 Å². The largest absolute Gasteiger partial charge is 0.337 e. The maximum absolute atomic E-state index is 12.5. The number of nitrogens with one attached hydrogen (secondary N) is 1. The second kappa shape index (κ2) is 7.68. The van der Waals surface area contributed by atoms with Gasteiger partial charge in [0.15, 0.2) is 0 Å². The Labute approximate surface area is 136 Å². The van der Waals surface area contributed by atoms with Crippen molar-refractivity contribution in [2.75, 3.05) is 11.1 Å². The first-order valence-electron chi connectivity index (χ1n) is 7.79. The Morgan fingerprint density at radius 2 is 1.77 bits per heavy atom. The first-order chi connectivity index (χ1) is 10.5. The first kappa shape index (κ1) is 16.9. The predicted molar refractivity (Wildman–Crippen MR) is 91.1 cm³/mol. The van der Waals surface area contributed by atoms with Gasteiger partial charge in [-0.15, -0.1) is 11.8 Å². The second-order valence-corrected chi connectivity index (χ2v) is 6.97. The molecular formula is C17H24N2O2S. The van der Waals surface area contributed by atoms with Crippen molar-refractivity contribution in [1.29, 1.82) is 0 Å². The summed E-state index contributed by atoms with van der Waals surface area (Å²) in [6, 6.07) is 8.29. The number of likely N-dealkylation sites (tertiary alicyclic amines) is 1. The van der Waals surface area contributed by atoms with Gasteiger partial charge in [0.05, 0.1) is 5.75 Å². The minimum absolute atomic E-state index is 0.0799. The van der Waals surface area contributed by atoms with Gasteiger partial charge in [-0.1, -0.05) is 0 Å². The molecule has 1 aromatic carbocycles. The summed E-state index contributed by atoms with van der Waals surface area (Å²) in [6.07, 6.45) is 3.42. The normalized spacial score (nSPS) is 21.5. The van der Waals surface area contributed by atoms with Gasteiger partial charge in [0.2, 0.25) is 11.8 Å². The van der Waals surface area contributed by atoms with Crippen LogP contribution in [0.4, 0.5) is 5.69 Å². The van der Waals surface area contributed by atoms with Crippen molar-refractivity contribution in [3.8, 4) is 0 Å². The van der Waals surface area contributed by atoms with Crippen molar-refractivity contribution in [1.82, 2.24) is 4.90 Å². The number of benzene rings is 1. The van der Waals surface area contributed by atoms with E-state index in [2.05, 4.69) is 19.2 Å². The Hall–Kier alpha value is -1.49. The molecule has 2 amide bonds. The smallest absolute Gasteiger partial charge is 0.233 e. The van der Waals surface area contributed by atoms with Crippen molar-refractivity contribution >= 4 is 29.3 Å². The maximum Gasteiger partial charge on any atom is 0.233 e. The van der Waals surface area contributed by atoms with Crippen molar-refractivity contribution < 1.29 is 9.59 Å². The molecule has 5 heteroatoms. The van der Waals surface area contributed by atoms with Crippen LogP contribution in [0.25, 0.3) is 0 Å². The lowest BCUT2D eigenvalue weighted by Gasteiger charge is -2.39. The molecule has 1 fully saturated rings. The van der Waals surface area contributed by atoms with E-state index >= 15 is 0 Å². The number of thioether (sulfide) groups is 1. The van der Waals surface area contributed by atoms with E-state index in [4.69, 9.17) is 0 Å². The van der Waals surface area contributed by atoms with Gasteiger partial charge in [0.1, 0.15) is 0 Å². The van der Waals surface area contributed by atoms with Crippen molar-refractivity contribution in [2.45, 2.75) is 57.0 Å². The number of hydrogen-bond donors (Lipinski definition) is 1. The summed E-state index contributed by atoms with van der Waals surface area (Å²) in [5, 5.41) is 2.74. The number of piperidine rings is 1. The van der Waals surface area contributed by atoms with Crippen LogP contribution in [0, 0.1) is 0 Å². The number of carbonyl (C=O) groups excluding carboxylic acids is 2. The van der Waals surface area contributed by atoms with E-state index in [1.807, 2.05) is 29.2 Å². The fourth-order valence-electron chi connectivity index (χ4n) is 2.97. The van der Waals surface area contributed by atoms with Crippen molar-refractivity contribution in [3.05, 3.63) is 24.3 Å².